The molecule has 2 aromatic rings. The van der Waals surface area contributed by atoms with Crippen molar-refractivity contribution in [3.8, 4) is 0 Å². The van der Waals surface area contributed by atoms with Crippen LogP contribution >= 0.6 is 0 Å². The van der Waals surface area contributed by atoms with Gasteiger partial charge in [0.15, 0.2) is 5.82 Å². The Kier molecular flexibility index (Phi) is 5.20. The Morgan fingerprint density at radius 3 is 2.57 bits per heavy atom. The van der Waals surface area contributed by atoms with E-state index in [9.17, 15) is 18.0 Å². The largest absolute Gasteiger partial charge is 0.408 e. The first-order valence-electron chi connectivity index (χ1n) is 6.79. The van der Waals surface area contributed by atoms with Crippen molar-refractivity contribution in [3.05, 3.63) is 47.6 Å². The molecule has 23 heavy (non-hydrogen) atoms. The maximum atomic E-state index is 13.1. The van der Waals surface area contributed by atoms with E-state index < -0.39 is 18.2 Å². The minimum absolute atomic E-state index is 0.126. The van der Waals surface area contributed by atoms with Crippen LogP contribution in [0.15, 0.2) is 34.9 Å². The molecule has 1 aromatic heterocycles. The molecule has 9 heteroatoms. The van der Waals surface area contributed by atoms with Gasteiger partial charge < -0.3 is 15.2 Å². The lowest BCUT2D eigenvalue weighted by atomic mass is 10.1. The van der Waals surface area contributed by atoms with Crippen LogP contribution in [0.2, 0.25) is 0 Å². The molecule has 1 atom stereocenters. The van der Waals surface area contributed by atoms with E-state index in [2.05, 4.69) is 15.5 Å². The number of nitrogens with zero attached hydrogens (tertiary/aromatic N) is 2. The van der Waals surface area contributed by atoms with Gasteiger partial charge in [-0.05, 0) is 5.56 Å². The number of aryl methyl sites for hydroxylation is 1. The summed E-state index contributed by atoms with van der Waals surface area (Å²) in [5.41, 5.74) is 0.476. The highest BCUT2D eigenvalue weighted by Crippen LogP contribution is 2.23. The molecule has 0 spiro atoms. The summed E-state index contributed by atoms with van der Waals surface area (Å²) in [5.74, 6) is 0.490. The second-order valence-electron chi connectivity index (χ2n) is 4.84. The van der Waals surface area contributed by atoms with Gasteiger partial charge in [-0.25, -0.2) is 4.79 Å². The van der Waals surface area contributed by atoms with Gasteiger partial charge >= 0.3 is 12.2 Å². The van der Waals surface area contributed by atoms with Gasteiger partial charge in [-0.1, -0.05) is 35.5 Å². The predicted octanol–water partition coefficient (Wildman–Crippen LogP) is 2.35. The van der Waals surface area contributed by atoms with Gasteiger partial charge in [0.1, 0.15) is 6.04 Å². The van der Waals surface area contributed by atoms with Gasteiger partial charge in [-0.15, -0.1) is 0 Å². The fourth-order valence-corrected chi connectivity index (χ4v) is 1.88. The third kappa shape index (κ3) is 5.28. The van der Waals surface area contributed by atoms with Crippen LogP contribution in [0.25, 0.3) is 0 Å². The minimum Gasteiger partial charge on any atom is -0.340 e. The van der Waals surface area contributed by atoms with E-state index >= 15 is 0 Å². The Balaban J connectivity index is 1.93. The van der Waals surface area contributed by atoms with Crippen LogP contribution < -0.4 is 10.6 Å². The number of rotatable bonds is 5. The van der Waals surface area contributed by atoms with Crippen molar-refractivity contribution < 1.29 is 22.5 Å². The van der Waals surface area contributed by atoms with Crippen molar-refractivity contribution in [1.29, 1.82) is 0 Å². The number of benzene rings is 1. The second-order valence-corrected chi connectivity index (χ2v) is 4.84. The standard InChI is InChI=1S/C14H15F3N4O2/c1-9-19-12(21-23-9)8-18-13(22)20-11(14(15,16)17)7-10-5-3-2-4-6-10/h2-6,11H,7-8H2,1H3,(H2,18,20,22). The summed E-state index contributed by atoms with van der Waals surface area (Å²) < 4.78 is 43.8. The van der Waals surface area contributed by atoms with Crippen molar-refractivity contribution in [2.45, 2.75) is 32.1 Å². The normalized spacial score (nSPS) is 12.7. The van der Waals surface area contributed by atoms with E-state index in [1.54, 1.807) is 37.3 Å². The molecule has 0 bridgehead atoms. The molecule has 2 rings (SSSR count). The topological polar surface area (TPSA) is 80.0 Å². The Labute approximate surface area is 130 Å². The maximum absolute atomic E-state index is 13.1. The van der Waals surface area contributed by atoms with E-state index in [1.807, 2.05) is 5.32 Å². The fourth-order valence-electron chi connectivity index (χ4n) is 1.88. The molecule has 1 heterocycles. The first-order valence-corrected chi connectivity index (χ1v) is 6.79. The molecule has 6 nitrogen and oxygen atoms in total. The van der Waals surface area contributed by atoms with Crippen LogP contribution in [0.1, 0.15) is 17.3 Å². The van der Waals surface area contributed by atoms with Gasteiger partial charge in [0.25, 0.3) is 0 Å². The fraction of sp³-hybridized carbons (Fsp3) is 0.357. The molecule has 2 N–H and O–H groups in total. The molecule has 0 aliphatic carbocycles. The molecule has 2 amide bonds. The number of hydrogen-bond donors (Lipinski definition) is 2. The Morgan fingerprint density at radius 2 is 2.00 bits per heavy atom. The summed E-state index contributed by atoms with van der Waals surface area (Å²) in [6.07, 6.45) is -4.91. The van der Waals surface area contributed by atoms with Crippen LogP contribution in [-0.2, 0) is 13.0 Å². The summed E-state index contributed by atoms with van der Waals surface area (Å²) in [5, 5.41) is 7.72. The Bertz CT molecular complexity index is 643. The lowest BCUT2D eigenvalue weighted by molar-refractivity contribution is -0.152. The van der Waals surface area contributed by atoms with Gasteiger partial charge in [-0.2, -0.15) is 18.2 Å². The predicted molar refractivity (Wildman–Crippen MR) is 74.4 cm³/mol. The third-order valence-electron chi connectivity index (χ3n) is 2.96. The Hall–Kier alpha value is -2.58. The van der Waals surface area contributed by atoms with Crippen molar-refractivity contribution in [2.24, 2.45) is 0 Å². The van der Waals surface area contributed by atoms with Gasteiger partial charge in [-0.3, -0.25) is 0 Å². The van der Waals surface area contributed by atoms with Crippen LogP contribution in [0.4, 0.5) is 18.0 Å². The second kappa shape index (κ2) is 7.12. The molecule has 0 saturated heterocycles. The summed E-state index contributed by atoms with van der Waals surface area (Å²) in [7, 11) is 0. The van der Waals surface area contributed by atoms with E-state index in [1.165, 1.54) is 0 Å². The number of hydrogen-bond acceptors (Lipinski definition) is 4. The molecule has 0 aliphatic heterocycles. The van der Waals surface area contributed by atoms with Gasteiger partial charge in [0.05, 0.1) is 6.54 Å². The molecular formula is C14H15F3N4O2. The summed E-state index contributed by atoms with van der Waals surface area (Å²) in [4.78, 5) is 15.5. The average molecular weight is 328 g/mol. The maximum Gasteiger partial charge on any atom is 0.408 e. The number of amides is 2. The molecule has 0 fully saturated rings. The number of alkyl halides is 3. The zero-order chi connectivity index (χ0) is 16.9. The summed E-state index contributed by atoms with van der Waals surface area (Å²) in [6.45, 7) is 1.44. The first-order chi connectivity index (χ1) is 10.8. The number of halogens is 3. The molecule has 0 aliphatic rings. The zero-order valence-electron chi connectivity index (χ0n) is 12.2. The van der Waals surface area contributed by atoms with Crippen LogP contribution in [-0.4, -0.2) is 28.4 Å². The third-order valence-corrected chi connectivity index (χ3v) is 2.96. The van der Waals surface area contributed by atoms with E-state index in [-0.39, 0.29) is 18.8 Å². The zero-order valence-corrected chi connectivity index (χ0v) is 12.2. The average Bonchev–Trinajstić information content (AvgIpc) is 2.90. The van der Waals surface area contributed by atoms with E-state index in [0.29, 0.717) is 11.5 Å². The highest BCUT2D eigenvalue weighted by Gasteiger charge is 2.40. The molecule has 1 aromatic carbocycles. The number of urea groups is 1. The van der Waals surface area contributed by atoms with Crippen LogP contribution in [0.5, 0.6) is 0 Å². The number of carbonyl (C=O) groups is 1. The van der Waals surface area contributed by atoms with Crippen molar-refractivity contribution in [2.75, 3.05) is 0 Å². The number of aromatic nitrogens is 2. The van der Waals surface area contributed by atoms with Crippen molar-refractivity contribution >= 4 is 6.03 Å². The molecular weight excluding hydrogens is 313 g/mol. The molecule has 0 saturated carbocycles. The summed E-state index contributed by atoms with van der Waals surface area (Å²) in [6, 6.07) is 5.19. The lowest BCUT2D eigenvalue weighted by Crippen LogP contribution is -2.50. The lowest BCUT2D eigenvalue weighted by Gasteiger charge is -2.21. The highest BCUT2D eigenvalue weighted by atomic mass is 19.4. The monoisotopic (exact) mass is 328 g/mol. The minimum atomic E-state index is -4.56. The first kappa shape index (κ1) is 16.8. The molecule has 1 unspecified atom stereocenters. The smallest absolute Gasteiger partial charge is 0.340 e. The van der Waals surface area contributed by atoms with Crippen LogP contribution in [0, 0.1) is 6.92 Å². The number of carbonyl (C=O) groups excluding carboxylic acids is 1. The quantitative estimate of drug-likeness (QED) is 0.883. The molecule has 0 radical (unpaired) electrons. The Morgan fingerprint density at radius 1 is 1.30 bits per heavy atom. The van der Waals surface area contributed by atoms with E-state index in [0.717, 1.165) is 0 Å². The van der Waals surface area contributed by atoms with Crippen LogP contribution in [0.3, 0.4) is 0 Å². The van der Waals surface area contributed by atoms with Gasteiger partial charge in [0.2, 0.25) is 5.89 Å². The molecule has 124 valence electrons. The SMILES string of the molecule is Cc1nc(CNC(=O)NC(Cc2ccccc2)C(F)(F)F)no1. The highest BCUT2D eigenvalue weighted by molar-refractivity contribution is 5.74. The van der Waals surface area contributed by atoms with Crippen molar-refractivity contribution in [3.63, 3.8) is 0 Å². The van der Waals surface area contributed by atoms with Gasteiger partial charge in [0, 0.05) is 13.3 Å². The van der Waals surface area contributed by atoms with Crippen molar-refractivity contribution in [1.82, 2.24) is 20.8 Å². The summed E-state index contributed by atoms with van der Waals surface area (Å²) >= 11 is 0. The van der Waals surface area contributed by atoms with E-state index in [4.69, 9.17) is 4.52 Å². The number of nitrogens with one attached hydrogen (secondary N) is 2.